The van der Waals surface area contributed by atoms with E-state index in [9.17, 15) is 0 Å². The second-order valence-corrected chi connectivity index (χ2v) is 6.95. The number of likely N-dealkylation sites (tertiary alicyclic amines) is 1. The number of rotatable bonds is 7. The van der Waals surface area contributed by atoms with Crippen molar-refractivity contribution < 1.29 is 4.74 Å². The molecule has 1 fully saturated rings. The first-order valence-corrected chi connectivity index (χ1v) is 8.35. The van der Waals surface area contributed by atoms with Crippen molar-refractivity contribution in [1.29, 1.82) is 0 Å². The van der Waals surface area contributed by atoms with Crippen molar-refractivity contribution in [2.75, 3.05) is 39.9 Å². The fraction of sp³-hybridized carbons (Fsp3) is 0.800. The van der Waals surface area contributed by atoms with Gasteiger partial charge in [0.15, 0.2) is 0 Å². The molecule has 4 nitrogen and oxygen atoms in total. The highest BCUT2D eigenvalue weighted by Crippen LogP contribution is 2.22. The molecule has 2 rings (SSSR count). The molecule has 114 valence electrons. The van der Waals surface area contributed by atoms with E-state index in [0.29, 0.717) is 0 Å². The molecular formula is C15H27N3OS. The molecule has 0 saturated carbocycles. The van der Waals surface area contributed by atoms with Crippen LogP contribution in [0.5, 0.6) is 0 Å². The Morgan fingerprint density at radius 2 is 2.10 bits per heavy atom. The lowest BCUT2D eigenvalue weighted by molar-refractivity contribution is 0.168. The van der Waals surface area contributed by atoms with Gasteiger partial charge in [-0.25, -0.2) is 4.98 Å². The highest BCUT2D eigenvalue weighted by atomic mass is 32.1. The third-order valence-corrected chi connectivity index (χ3v) is 5.11. The average molecular weight is 297 g/mol. The molecule has 0 radical (unpaired) electrons. The second kappa shape index (κ2) is 8.08. The minimum atomic E-state index is 0.807. The number of thiazole rings is 1. The van der Waals surface area contributed by atoms with Gasteiger partial charge in [-0.2, -0.15) is 0 Å². The second-order valence-electron chi connectivity index (χ2n) is 5.67. The van der Waals surface area contributed by atoms with E-state index in [1.165, 1.54) is 41.5 Å². The topological polar surface area (TPSA) is 37.4 Å². The molecule has 1 saturated heterocycles. The predicted octanol–water partition coefficient (Wildman–Crippen LogP) is 2.21. The van der Waals surface area contributed by atoms with E-state index in [1.807, 2.05) is 11.3 Å². The third kappa shape index (κ3) is 4.81. The number of hydrogen-bond acceptors (Lipinski definition) is 5. The van der Waals surface area contributed by atoms with Crippen LogP contribution in [0.25, 0.3) is 0 Å². The summed E-state index contributed by atoms with van der Waals surface area (Å²) in [6.07, 6.45) is 2.59. The van der Waals surface area contributed by atoms with Crippen molar-refractivity contribution in [3.63, 3.8) is 0 Å². The van der Waals surface area contributed by atoms with Crippen LogP contribution in [-0.2, 0) is 11.3 Å². The van der Waals surface area contributed by atoms with Crippen LogP contribution in [0.2, 0.25) is 0 Å². The number of aryl methyl sites for hydroxylation is 2. The first-order valence-electron chi connectivity index (χ1n) is 7.54. The number of nitrogens with one attached hydrogen (secondary N) is 1. The Kier molecular flexibility index (Phi) is 6.42. The summed E-state index contributed by atoms with van der Waals surface area (Å²) < 4.78 is 5.05. The van der Waals surface area contributed by atoms with Gasteiger partial charge in [-0.3, -0.25) is 4.90 Å². The molecule has 1 aromatic heterocycles. The maximum atomic E-state index is 5.05. The van der Waals surface area contributed by atoms with Crippen LogP contribution < -0.4 is 5.32 Å². The van der Waals surface area contributed by atoms with Gasteiger partial charge in [0, 0.05) is 18.5 Å². The summed E-state index contributed by atoms with van der Waals surface area (Å²) in [5, 5.41) is 4.75. The molecule has 2 heterocycles. The summed E-state index contributed by atoms with van der Waals surface area (Å²) in [5.74, 6) is 0.822. The molecule has 0 spiro atoms. The molecule has 0 bridgehead atoms. The molecule has 1 aliphatic heterocycles. The van der Waals surface area contributed by atoms with Gasteiger partial charge in [-0.05, 0) is 52.2 Å². The van der Waals surface area contributed by atoms with Gasteiger partial charge in [0.05, 0.1) is 18.8 Å². The van der Waals surface area contributed by atoms with Crippen molar-refractivity contribution >= 4 is 11.3 Å². The Morgan fingerprint density at radius 3 is 2.70 bits per heavy atom. The number of ether oxygens (including phenoxy) is 1. The van der Waals surface area contributed by atoms with Crippen LogP contribution in [0.1, 0.15) is 28.4 Å². The van der Waals surface area contributed by atoms with Crippen molar-refractivity contribution in [3.8, 4) is 0 Å². The van der Waals surface area contributed by atoms with Crippen molar-refractivity contribution in [2.45, 2.75) is 33.2 Å². The van der Waals surface area contributed by atoms with Gasteiger partial charge < -0.3 is 10.1 Å². The molecule has 1 N–H and O–H groups in total. The SMILES string of the molecule is COCCNCC1CCN(Cc2nc(C)c(C)s2)CC1. The minimum absolute atomic E-state index is 0.807. The summed E-state index contributed by atoms with van der Waals surface area (Å²) in [6, 6.07) is 0. The number of aromatic nitrogens is 1. The number of hydrogen-bond donors (Lipinski definition) is 1. The van der Waals surface area contributed by atoms with E-state index in [1.54, 1.807) is 7.11 Å². The molecule has 1 aliphatic rings. The van der Waals surface area contributed by atoms with E-state index < -0.39 is 0 Å². The largest absolute Gasteiger partial charge is 0.383 e. The highest BCUT2D eigenvalue weighted by Gasteiger charge is 2.19. The van der Waals surface area contributed by atoms with E-state index in [-0.39, 0.29) is 0 Å². The Bertz CT molecular complexity index is 380. The van der Waals surface area contributed by atoms with Gasteiger partial charge in [0.25, 0.3) is 0 Å². The average Bonchev–Trinajstić information content (AvgIpc) is 2.75. The van der Waals surface area contributed by atoms with E-state index in [0.717, 1.165) is 32.2 Å². The molecule has 0 aliphatic carbocycles. The normalized spacial score (nSPS) is 17.8. The monoisotopic (exact) mass is 297 g/mol. The zero-order chi connectivity index (χ0) is 14.4. The molecule has 0 amide bonds. The Labute approximate surface area is 126 Å². The quantitative estimate of drug-likeness (QED) is 0.783. The summed E-state index contributed by atoms with van der Waals surface area (Å²) in [5.41, 5.74) is 1.20. The predicted molar refractivity (Wildman–Crippen MR) is 84.3 cm³/mol. The van der Waals surface area contributed by atoms with Gasteiger partial charge in [-0.15, -0.1) is 11.3 Å². The molecular weight excluding hydrogens is 270 g/mol. The fourth-order valence-corrected chi connectivity index (χ4v) is 3.60. The Hall–Kier alpha value is -0.490. The van der Waals surface area contributed by atoms with Crippen LogP contribution in [0.4, 0.5) is 0 Å². The fourth-order valence-electron chi connectivity index (χ4n) is 2.63. The van der Waals surface area contributed by atoms with Gasteiger partial charge in [0.1, 0.15) is 5.01 Å². The molecule has 5 heteroatoms. The van der Waals surface area contributed by atoms with Gasteiger partial charge in [0.2, 0.25) is 0 Å². The van der Waals surface area contributed by atoms with E-state index >= 15 is 0 Å². The summed E-state index contributed by atoms with van der Waals surface area (Å²) in [7, 11) is 1.75. The summed E-state index contributed by atoms with van der Waals surface area (Å²) >= 11 is 1.85. The van der Waals surface area contributed by atoms with E-state index in [2.05, 4.69) is 29.0 Å². The summed E-state index contributed by atoms with van der Waals surface area (Å²) in [6.45, 7) is 10.6. The lowest BCUT2D eigenvalue weighted by atomic mass is 9.97. The van der Waals surface area contributed by atoms with Crippen LogP contribution >= 0.6 is 11.3 Å². The zero-order valence-corrected chi connectivity index (χ0v) is 13.8. The molecule has 1 aromatic rings. The van der Waals surface area contributed by atoms with Crippen molar-refractivity contribution in [2.24, 2.45) is 5.92 Å². The zero-order valence-electron chi connectivity index (χ0n) is 12.9. The standard InChI is InChI=1S/C15H27N3OS/c1-12-13(2)20-15(17-12)11-18-7-4-14(5-8-18)10-16-6-9-19-3/h14,16H,4-11H2,1-3H3. The van der Waals surface area contributed by atoms with Gasteiger partial charge in [-0.1, -0.05) is 0 Å². The van der Waals surface area contributed by atoms with Gasteiger partial charge >= 0.3 is 0 Å². The molecule has 0 aromatic carbocycles. The number of nitrogens with zero attached hydrogens (tertiary/aromatic N) is 2. The molecule has 0 atom stereocenters. The lowest BCUT2D eigenvalue weighted by Gasteiger charge is -2.31. The number of piperidine rings is 1. The summed E-state index contributed by atoms with van der Waals surface area (Å²) in [4.78, 5) is 8.55. The third-order valence-electron chi connectivity index (χ3n) is 4.05. The maximum Gasteiger partial charge on any atom is 0.107 e. The van der Waals surface area contributed by atoms with Crippen molar-refractivity contribution in [1.82, 2.24) is 15.2 Å². The molecule has 0 unspecified atom stereocenters. The van der Waals surface area contributed by atoms with Crippen LogP contribution in [0.3, 0.4) is 0 Å². The lowest BCUT2D eigenvalue weighted by Crippen LogP contribution is -2.37. The first kappa shape index (κ1) is 15.9. The van der Waals surface area contributed by atoms with E-state index in [4.69, 9.17) is 4.74 Å². The van der Waals surface area contributed by atoms with Crippen molar-refractivity contribution in [3.05, 3.63) is 15.6 Å². The Balaban J connectivity index is 1.66. The maximum absolute atomic E-state index is 5.05. The minimum Gasteiger partial charge on any atom is -0.383 e. The highest BCUT2D eigenvalue weighted by molar-refractivity contribution is 7.11. The first-order chi connectivity index (χ1) is 9.69. The van der Waals surface area contributed by atoms with Crippen LogP contribution in [-0.4, -0.2) is 49.8 Å². The number of methoxy groups -OCH3 is 1. The van der Waals surface area contributed by atoms with Crippen LogP contribution in [0, 0.1) is 19.8 Å². The Morgan fingerprint density at radius 1 is 1.35 bits per heavy atom. The smallest absolute Gasteiger partial charge is 0.107 e. The molecule has 20 heavy (non-hydrogen) atoms. The van der Waals surface area contributed by atoms with Crippen LogP contribution in [0.15, 0.2) is 0 Å².